The largest absolute Gasteiger partial charge is 0.383 e. The first-order valence-electron chi connectivity index (χ1n) is 7.44. The molecule has 0 saturated carbocycles. The third kappa shape index (κ3) is 6.09. The van der Waals surface area contributed by atoms with Crippen molar-refractivity contribution in [1.82, 2.24) is 10.2 Å². The SMILES string of the molecule is COCCNc1nnc(SCC(=O)Nc2ccccc2S(=O)(=O)C(F)F)s1. The van der Waals surface area contributed by atoms with Gasteiger partial charge in [-0.1, -0.05) is 35.2 Å². The van der Waals surface area contributed by atoms with Crippen molar-refractivity contribution in [1.29, 1.82) is 0 Å². The molecular weight excluding hydrogens is 422 g/mol. The smallest absolute Gasteiger partial charge is 0.341 e. The average molecular weight is 439 g/mol. The van der Waals surface area contributed by atoms with Crippen molar-refractivity contribution in [3.63, 3.8) is 0 Å². The second kappa shape index (κ2) is 9.92. The van der Waals surface area contributed by atoms with Crippen molar-refractivity contribution in [2.45, 2.75) is 15.0 Å². The van der Waals surface area contributed by atoms with Crippen LogP contribution in [0.4, 0.5) is 19.6 Å². The predicted molar refractivity (Wildman–Crippen MR) is 99.3 cm³/mol. The van der Waals surface area contributed by atoms with Crippen molar-refractivity contribution in [3.8, 4) is 0 Å². The summed E-state index contributed by atoms with van der Waals surface area (Å²) in [5.41, 5.74) is -0.192. The van der Waals surface area contributed by atoms with E-state index < -0.39 is 26.4 Å². The minimum atomic E-state index is -4.82. The van der Waals surface area contributed by atoms with Crippen LogP contribution in [-0.2, 0) is 19.4 Å². The Bertz CT molecular complexity index is 877. The molecule has 0 aliphatic heterocycles. The van der Waals surface area contributed by atoms with Crippen LogP contribution >= 0.6 is 23.1 Å². The fraction of sp³-hybridized carbons (Fsp3) is 0.357. The van der Waals surface area contributed by atoms with E-state index in [4.69, 9.17) is 4.74 Å². The van der Waals surface area contributed by atoms with Crippen LogP contribution in [0.2, 0.25) is 0 Å². The molecule has 1 aromatic carbocycles. The number of aromatic nitrogens is 2. The van der Waals surface area contributed by atoms with Crippen molar-refractivity contribution >= 4 is 49.7 Å². The highest BCUT2D eigenvalue weighted by atomic mass is 32.2. The number of ether oxygens (including phenoxy) is 1. The van der Waals surface area contributed by atoms with Gasteiger partial charge < -0.3 is 15.4 Å². The van der Waals surface area contributed by atoms with Crippen LogP contribution in [0.3, 0.4) is 0 Å². The molecule has 0 aliphatic rings. The number of anilines is 2. The minimum Gasteiger partial charge on any atom is -0.383 e. The number of rotatable bonds is 10. The Morgan fingerprint density at radius 1 is 1.33 bits per heavy atom. The summed E-state index contributed by atoms with van der Waals surface area (Å²) < 4.78 is 54.3. The number of thioether (sulfide) groups is 1. The third-order valence-electron chi connectivity index (χ3n) is 3.02. The summed E-state index contributed by atoms with van der Waals surface area (Å²) >= 11 is 2.33. The highest BCUT2D eigenvalue weighted by Crippen LogP contribution is 2.28. The topological polar surface area (TPSA) is 110 Å². The highest BCUT2D eigenvalue weighted by molar-refractivity contribution is 8.01. The molecule has 2 aromatic rings. The number of carbonyl (C=O) groups is 1. The van der Waals surface area contributed by atoms with Gasteiger partial charge in [0.15, 0.2) is 4.34 Å². The molecular formula is C14H16F2N4O4S3. The van der Waals surface area contributed by atoms with Gasteiger partial charge in [0.1, 0.15) is 0 Å². The van der Waals surface area contributed by atoms with Gasteiger partial charge in [0.25, 0.3) is 0 Å². The monoisotopic (exact) mass is 438 g/mol. The fourth-order valence-corrected chi connectivity index (χ4v) is 4.29. The van der Waals surface area contributed by atoms with Gasteiger partial charge in [0.05, 0.1) is 22.9 Å². The Morgan fingerprint density at radius 2 is 2.07 bits per heavy atom. The summed E-state index contributed by atoms with van der Waals surface area (Å²) in [5.74, 6) is -4.22. The zero-order valence-electron chi connectivity index (χ0n) is 14.0. The first kappa shape index (κ1) is 21.5. The van der Waals surface area contributed by atoms with Crippen molar-refractivity contribution in [3.05, 3.63) is 24.3 Å². The van der Waals surface area contributed by atoms with Crippen LogP contribution in [0.15, 0.2) is 33.5 Å². The molecule has 0 fully saturated rings. The van der Waals surface area contributed by atoms with E-state index in [1.807, 2.05) is 0 Å². The first-order valence-corrected chi connectivity index (χ1v) is 10.8. The molecule has 1 amide bonds. The maximum Gasteiger partial charge on any atom is 0.341 e. The van der Waals surface area contributed by atoms with Gasteiger partial charge in [0.2, 0.25) is 20.9 Å². The molecule has 27 heavy (non-hydrogen) atoms. The highest BCUT2D eigenvalue weighted by Gasteiger charge is 2.29. The van der Waals surface area contributed by atoms with Gasteiger partial charge in [-0.15, -0.1) is 10.2 Å². The normalized spacial score (nSPS) is 11.6. The lowest BCUT2D eigenvalue weighted by atomic mass is 10.3. The molecule has 0 unspecified atom stereocenters. The molecule has 0 atom stereocenters. The van der Waals surface area contributed by atoms with E-state index in [1.165, 1.54) is 29.5 Å². The Balaban J connectivity index is 1.95. The van der Waals surface area contributed by atoms with Crippen LogP contribution in [0, 0.1) is 0 Å². The summed E-state index contributed by atoms with van der Waals surface area (Å²) in [4.78, 5) is 11.4. The molecule has 148 valence electrons. The van der Waals surface area contributed by atoms with E-state index in [2.05, 4.69) is 20.8 Å². The second-order valence-electron chi connectivity index (χ2n) is 4.93. The molecule has 1 heterocycles. The number of methoxy groups -OCH3 is 1. The van der Waals surface area contributed by atoms with Crippen LogP contribution in [0.1, 0.15) is 0 Å². The number of hydrogen-bond acceptors (Lipinski definition) is 9. The van der Waals surface area contributed by atoms with Crippen molar-refractivity contribution < 1.29 is 26.7 Å². The van der Waals surface area contributed by atoms with E-state index in [1.54, 1.807) is 7.11 Å². The Labute approximate surface area is 162 Å². The average Bonchev–Trinajstić information content (AvgIpc) is 3.08. The van der Waals surface area contributed by atoms with Gasteiger partial charge in [-0.05, 0) is 12.1 Å². The second-order valence-corrected chi connectivity index (χ2v) is 9.02. The Morgan fingerprint density at radius 3 is 2.78 bits per heavy atom. The van der Waals surface area contributed by atoms with Gasteiger partial charge in [-0.2, -0.15) is 8.78 Å². The van der Waals surface area contributed by atoms with Gasteiger partial charge in [0, 0.05) is 13.7 Å². The summed E-state index contributed by atoms with van der Waals surface area (Å²) in [7, 11) is -3.25. The van der Waals surface area contributed by atoms with Crippen molar-refractivity contribution in [2.24, 2.45) is 0 Å². The van der Waals surface area contributed by atoms with Crippen LogP contribution in [0.5, 0.6) is 0 Å². The van der Waals surface area contributed by atoms with Crippen LogP contribution < -0.4 is 10.6 Å². The number of hydrogen-bond donors (Lipinski definition) is 2. The maximum absolute atomic E-state index is 12.8. The van der Waals surface area contributed by atoms with Gasteiger partial charge >= 0.3 is 5.76 Å². The fourth-order valence-electron chi connectivity index (χ4n) is 1.83. The van der Waals surface area contributed by atoms with Crippen LogP contribution in [0.25, 0.3) is 0 Å². The standard InChI is InChI=1S/C14H16F2N4O4S3/c1-24-7-6-17-13-19-20-14(26-13)25-8-11(21)18-9-4-2-3-5-10(9)27(22,23)12(15)16/h2-5,12H,6-8H2,1H3,(H,17,19)(H,18,21). The van der Waals surface area contributed by atoms with E-state index in [0.29, 0.717) is 22.6 Å². The summed E-state index contributed by atoms with van der Waals surface area (Å²) in [6.45, 7) is 1.07. The number of benzene rings is 1. The van der Waals surface area contributed by atoms with Crippen LogP contribution in [-0.4, -0.2) is 56.3 Å². The zero-order valence-corrected chi connectivity index (χ0v) is 16.5. The Kier molecular flexibility index (Phi) is 7.89. The summed E-state index contributed by atoms with van der Waals surface area (Å²) in [6.07, 6.45) is 0. The van der Waals surface area contributed by atoms with E-state index >= 15 is 0 Å². The number of carbonyl (C=O) groups excluding carboxylic acids is 1. The first-order chi connectivity index (χ1) is 12.8. The molecule has 2 rings (SSSR count). The molecule has 0 saturated heterocycles. The lowest BCUT2D eigenvalue weighted by Gasteiger charge is -2.10. The lowest BCUT2D eigenvalue weighted by Crippen LogP contribution is -2.18. The van der Waals surface area contributed by atoms with Gasteiger partial charge in [-0.25, -0.2) is 8.42 Å². The lowest BCUT2D eigenvalue weighted by molar-refractivity contribution is -0.113. The molecule has 0 bridgehead atoms. The molecule has 2 N–H and O–H groups in total. The Hall–Kier alpha value is -1.83. The number of nitrogens with zero attached hydrogens (tertiary/aromatic N) is 2. The van der Waals surface area contributed by atoms with Gasteiger partial charge in [-0.3, -0.25) is 4.79 Å². The third-order valence-corrected chi connectivity index (χ3v) is 6.47. The van der Waals surface area contributed by atoms with E-state index in [9.17, 15) is 22.0 Å². The molecule has 0 spiro atoms. The maximum atomic E-state index is 12.8. The van der Waals surface area contributed by atoms with E-state index in [-0.39, 0.29) is 11.4 Å². The minimum absolute atomic E-state index is 0.0875. The summed E-state index contributed by atoms with van der Waals surface area (Å²) in [6, 6.07) is 5.02. The van der Waals surface area contributed by atoms with E-state index in [0.717, 1.165) is 17.8 Å². The molecule has 8 nitrogen and oxygen atoms in total. The number of sulfone groups is 1. The molecule has 0 aliphatic carbocycles. The quantitative estimate of drug-likeness (QED) is 0.430. The van der Waals surface area contributed by atoms with Crippen molar-refractivity contribution in [2.75, 3.05) is 36.6 Å². The predicted octanol–water partition coefficient (Wildman–Crippen LogP) is 2.32. The summed E-state index contributed by atoms with van der Waals surface area (Å²) in [5, 5.41) is 13.7. The number of nitrogens with one attached hydrogen (secondary N) is 2. The number of alkyl halides is 2. The number of halogens is 2. The molecule has 0 radical (unpaired) electrons. The zero-order chi connectivity index (χ0) is 19.9. The number of amides is 1. The molecule has 1 aromatic heterocycles. The molecule has 13 heteroatoms. The number of para-hydroxylation sites is 1.